The number of anilines is 2. The van der Waals surface area contributed by atoms with Gasteiger partial charge in [-0.05, 0) is 56.6 Å². The van der Waals surface area contributed by atoms with Crippen molar-refractivity contribution >= 4 is 50.4 Å². The Morgan fingerprint density at radius 2 is 2.20 bits per heavy atom. The van der Waals surface area contributed by atoms with E-state index in [1.54, 1.807) is 0 Å². The third-order valence-electron chi connectivity index (χ3n) is 5.59. The molecule has 1 aromatic carbocycles. The van der Waals surface area contributed by atoms with Crippen LogP contribution in [0.5, 0.6) is 0 Å². The fraction of sp³-hybridized carbons (Fsp3) is 0.364. The fourth-order valence-electron chi connectivity index (χ4n) is 3.84. The molecule has 1 amide bonds. The molecule has 1 aliphatic rings. The van der Waals surface area contributed by atoms with E-state index in [0.29, 0.717) is 29.6 Å². The van der Waals surface area contributed by atoms with Crippen LogP contribution in [0.15, 0.2) is 30.3 Å². The van der Waals surface area contributed by atoms with E-state index in [9.17, 15) is 4.79 Å². The Morgan fingerprint density at radius 1 is 1.37 bits per heavy atom. The summed E-state index contributed by atoms with van der Waals surface area (Å²) in [5.74, 6) is -0.161. The highest BCUT2D eigenvalue weighted by molar-refractivity contribution is 7.21. The van der Waals surface area contributed by atoms with Gasteiger partial charge in [0, 0.05) is 36.8 Å². The normalized spacial score (nSPS) is 16.4. The van der Waals surface area contributed by atoms with Gasteiger partial charge in [0.05, 0.1) is 16.4 Å². The van der Waals surface area contributed by atoms with E-state index in [1.165, 1.54) is 11.3 Å². The van der Waals surface area contributed by atoms with Crippen LogP contribution in [0.1, 0.15) is 27.3 Å². The van der Waals surface area contributed by atoms with Crippen molar-refractivity contribution in [1.82, 2.24) is 15.6 Å². The fourth-order valence-corrected chi connectivity index (χ4v) is 5.21. The van der Waals surface area contributed by atoms with E-state index in [4.69, 9.17) is 17.3 Å². The molecule has 4 N–H and O–H groups in total. The van der Waals surface area contributed by atoms with Crippen molar-refractivity contribution in [2.24, 2.45) is 0 Å². The van der Waals surface area contributed by atoms with Crippen LogP contribution in [0, 0.1) is 6.92 Å². The number of amides is 1. The zero-order valence-electron chi connectivity index (χ0n) is 17.2. The second-order valence-corrected chi connectivity index (χ2v) is 9.07. The van der Waals surface area contributed by atoms with Gasteiger partial charge in [0.2, 0.25) is 0 Å². The number of likely N-dealkylation sites (N-methyl/N-ethyl adjacent to an activating group) is 1. The van der Waals surface area contributed by atoms with E-state index in [-0.39, 0.29) is 5.91 Å². The van der Waals surface area contributed by atoms with Gasteiger partial charge in [-0.3, -0.25) is 4.79 Å². The summed E-state index contributed by atoms with van der Waals surface area (Å²) in [6.07, 6.45) is 1.82. The lowest BCUT2D eigenvalue weighted by Gasteiger charge is -2.20. The van der Waals surface area contributed by atoms with Gasteiger partial charge in [0.25, 0.3) is 5.91 Å². The molecule has 158 valence electrons. The van der Waals surface area contributed by atoms with Crippen molar-refractivity contribution in [1.29, 1.82) is 0 Å². The molecule has 3 aromatic rings. The highest BCUT2D eigenvalue weighted by Crippen LogP contribution is 2.32. The first kappa shape index (κ1) is 20.9. The molecule has 0 bridgehead atoms. The van der Waals surface area contributed by atoms with E-state index in [1.807, 2.05) is 32.2 Å². The first-order valence-electron chi connectivity index (χ1n) is 10.1. The standard InChI is InChI=1S/C22H26ClN5OS/c1-13-3-5-16-19(24)20(30-22(16)27-13)21(29)26-9-7-14-4-6-18(17(23)11-14)28-10-8-15(12-28)25-2/h3-6,11,15,25H,7-10,12,24H2,1-2H3,(H,26,29)/t15-/m1/s1. The lowest BCUT2D eigenvalue weighted by molar-refractivity contribution is 0.0959. The van der Waals surface area contributed by atoms with E-state index in [0.717, 1.165) is 51.7 Å². The summed E-state index contributed by atoms with van der Waals surface area (Å²) in [5, 5.41) is 7.88. The van der Waals surface area contributed by atoms with Crippen LogP contribution in [-0.4, -0.2) is 43.6 Å². The number of halogens is 1. The summed E-state index contributed by atoms with van der Waals surface area (Å²) in [6, 6.07) is 10.5. The van der Waals surface area contributed by atoms with Gasteiger partial charge in [-0.15, -0.1) is 11.3 Å². The number of carbonyl (C=O) groups is 1. The van der Waals surface area contributed by atoms with Crippen LogP contribution >= 0.6 is 22.9 Å². The molecule has 0 spiro atoms. The number of thiophene rings is 1. The first-order valence-corrected chi connectivity index (χ1v) is 11.3. The number of pyridine rings is 1. The molecular weight excluding hydrogens is 418 g/mol. The second-order valence-electron chi connectivity index (χ2n) is 7.66. The molecule has 1 fully saturated rings. The molecule has 8 heteroatoms. The molecule has 1 saturated heterocycles. The molecule has 4 rings (SSSR count). The molecule has 6 nitrogen and oxygen atoms in total. The zero-order valence-corrected chi connectivity index (χ0v) is 18.7. The summed E-state index contributed by atoms with van der Waals surface area (Å²) in [5.41, 5.74) is 9.74. The summed E-state index contributed by atoms with van der Waals surface area (Å²) in [6.45, 7) is 4.41. The number of benzene rings is 1. The van der Waals surface area contributed by atoms with E-state index < -0.39 is 0 Å². The predicted octanol–water partition coefficient (Wildman–Crippen LogP) is 3.61. The highest BCUT2D eigenvalue weighted by atomic mass is 35.5. The van der Waals surface area contributed by atoms with Gasteiger partial charge in [0.1, 0.15) is 9.71 Å². The van der Waals surface area contributed by atoms with Gasteiger partial charge in [-0.1, -0.05) is 17.7 Å². The molecule has 1 aliphatic heterocycles. The summed E-state index contributed by atoms with van der Waals surface area (Å²) in [4.78, 5) is 20.7. The largest absolute Gasteiger partial charge is 0.397 e. The molecule has 0 aliphatic carbocycles. The molecule has 2 aromatic heterocycles. The lowest BCUT2D eigenvalue weighted by Crippen LogP contribution is -2.29. The minimum Gasteiger partial charge on any atom is -0.397 e. The number of hydrogen-bond acceptors (Lipinski definition) is 6. The number of hydrogen-bond donors (Lipinski definition) is 3. The number of aryl methyl sites for hydroxylation is 1. The number of aromatic nitrogens is 1. The topological polar surface area (TPSA) is 83.3 Å². The smallest absolute Gasteiger partial charge is 0.263 e. The van der Waals surface area contributed by atoms with Crippen LogP contribution < -0.4 is 21.3 Å². The number of nitrogens with zero attached hydrogens (tertiary/aromatic N) is 2. The van der Waals surface area contributed by atoms with Crippen LogP contribution in [0.25, 0.3) is 10.2 Å². The monoisotopic (exact) mass is 443 g/mol. The van der Waals surface area contributed by atoms with Gasteiger partial charge in [-0.2, -0.15) is 0 Å². The first-order chi connectivity index (χ1) is 14.5. The van der Waals surface area contributed by atoms with Crippen molar-refractivity contribution in [3.05, 3.63) is 51.5 Å². The van der Waals surface area contributed by atoms with E-state index >= 15 is 0 Å². The number of fused-ring (bicyclic) bond motifs is 1. The minimum atomic E-state index is -0.161. The SMILES string of the molecule is CN[C@@H]1CCN(c2ccc(CCNC(=O)c3sc4nc(C)ccc4c3N)cc2Cl)C1. The van der Waals surface area contributed by atoms with Crippen molar-refractivity contribution in [3.8, 4) is 0 Å². The summed E-state index contributed by atoms with van der Waals surface area (Å²) < 4.78 is 0. The van der Waals surface area contributed by atoms with Crippen LogP contribution in [0.2, 0.25) is 5.02 Å². The maximum absolute atomic E-state index is 12.6. The molecule has 0 saturated carbocycles. The van der Waals surface area contributed by atoms with Gasteiger partial charge < -0.3 is 21.3 Å². The quantitative estimate of drug-likeness (QED) is 0.542. The minimum absolute atomic E-state index is 0.161. The van der Waals surface area contributed by atoms with Crippen LogP contribution in [-0.2, 0) is 6.42 Å². The van der Waals surface area contributed by atoms with Crippen molar-refractivity contribution < 1.29 is 4.79 Å². The number of carbonyl (C=O) groups excluding carboxylic acids is 1. The third-order valence-corrected chi connectivity index (χ3v) is 7.00. The Balaban J connectivity index is 1.37. The predicted molar refractivity (Wildman–Crippen MR) is 126 cm³/mol. The Bertz CT molecular complexity index is 1080. The Kier molecular flexibility index (Phi) is 6.13. The second kappa shape index (κ2) is 8.79. The maximum atomic E-state index is 12.6. The Labute approximate surface area is 185 Å². The summed E-state index contributed by atoms with van der Waals surface area (Å²) >= 11 is 7.88. The summed E-state index contributed by atoms with van der Waals surface area (Å²) in [7, 11) is 2.00. The molecule has 3 heterocycles. The average Bonchev–Trinajstić information content (AvgIpc) is 3.32. The van der Waals surface area contributed by atoms with Gasteiger partial charge in [-0.25, -0.2) is 4.98 Å². The molecular formula is C22H26ClN5OS. The number of rotatable bonds is 6. The van der Waals surface area contributed by atoms with Gasteiger partial charge in [0.15, 0.2) is 0 Å². The van der Waals surface area contributed by atoms with Crippen LogP contribution in [0.4, 0.5) is 11.4 Å². The Morgan fingerprint density at radius 3 is 2.93 bits per heavy atom. The molecule has 1 atom stereocenters. The maximum Gasteiger partial charge on any atom is 0.263 e. The van der Waals surface area contributed by atoms with Crippen LogP contribution in [0.3, 0.4) is 0 Å². The van der Waals surface area contributed by atoms with Crippen molar-refractivity contribution in [2.75, 3.05) is 37.3 Å². The average molecular weight is 444 g/mol. The molecule has 0 radical (unpaired) electrons. The number of nitrogens with two attached hydrogens (primary N) is 1. The number of nitrogens with one attached hydrogen (secondary N) is 2. The zero-order chi connectivity index (χ0) is 21.3. The third kappa shape index (κ3) is 4.24. The Hall–Kier alpha value is -2.35. The van der Waals surface area contributed by atoms with Gasteiger partial charge >= 0.3 is 0 Å². The van der Waals surface area contributed by atoms with E-state index in [2.05, 4.69) is 32.7 Å². The van der Waals surface area contributed by atoms with Crippen molar-refractivity contribution in [3.63, 3.8) is 0 Å². The highest BCUT2D eigenvalue weighted by Gasteiger charge is 2.23. The molecule has 0 unspecified atom stereocenters. The lowest BCUT2D eigenvalue weighted by atomic mass is 10.1. The number of nitrogen functional groups attached to an aromatic ring is 1. The van der Waals surface area contributed by atoms with Crippen molar-refractivity contribution in [2.45, 2.75) is 25.8 Å². The molecule has 30 heavy (non-hydrogen) atoms.